The fourth-order valence-electron chi connectivity index (χ4n) is 3.51. The van der Waals surface area contributed by atoms with Gasteiger partial charge >= 0.3 is 0 Å². The first kappa shape index (κ1) is 24.6. The van der Waals surface area contributed by atoms with E-state index >= 15 is 0 Å². The molecule has 35 heavy (non-hydrogen) atoms. The molecule has 0 saturated carbocycles. The van der Waals surface area contributed by atoms with Gasteiger partial charge in [-0.15, -0.1) is 10.2 Å². The summed E-state index contributed by atoms with van der Waals surface area (Å²) in [5.41, 5.74) is 3.23. The summed E-state index contributed by atoms with van der Waals surface area (Å²) in [6.45, 7) is 4.48. The number of carbonyl (C=O) groups is 1. The van der Waals surface area contributed by atoms with Gasteiger partial charge in [-0.3, -0.25) is 9.36 Å². The number of hydrogen-bond donors (Lipinski definition) is 1. The molecule has 0 radical (unpaired) electrons. The quantitative estimate of drug-likeness (QED) is 0.278. The number of nitrogens with zero attached hydrogens (tertiary/aromatic N) is 3. The number of ether oxygens (including phenoxy) is 2. The van der Waals surface area contributed by atoms with Crippen molar-refractivity contribution in [1.82, 2.24) is 14.8 Å². The Hall–Kier alpha value is -3.49. The van der Waals surface area contributed by atoms with Crippen LogP contribution >= 0.6 is 23.4 Å². The molecule has 0 bridgehead atoms. The Kier molecular flexibility index (Phi) is 7.94. The highest BCUT2D eigenvalue weighted by Crippen LogP contribution is 2.33. The third-order valence-corrected chi connectivity index (χ3v) is 6.37. The average molecular weight is 509 g/mol. The molecule has 180 valence electrons. The van der Waals surface area contributed by atoms with Crippen molar-refractivity contribution < 1.29 is 14.3 Å². The Morgan fingerprint density at radius 3 is 2.57 bits per heavy atom. The molecule has 1 heterocycles. The summed E-state index contributed by atoms with van der Waals surface area (Å²) in [7, 11) is 1.57. The molecule has 9 heteroatoms. The first-order chi connectivity index (χ1) is 17.0. The highest BCUT2D eigenvalue weighted by Gasteiger charge is 2.19. The minimum atomic E-state index is -0.181. The van der Waals surface area contributed by atoms with Crippen LogP contribution in [0.5, 0.6) is 11.5 Å². The van der Waals surface area contributed by atoms with E-state index in [1.807, 2.05) is 85.1 Å². The van der Waals surface area contributed by atoms with E-state index in [2.05, 4.69) is 15.5 Å². The fraction of sp³-hybridized carbons (Fsp3) is 0.192. The molecule has 7 nitrogen and oxygen atoms in total. The Labute approximate surface area is 213 Å². The maximum atomic E-state index is 12.8. The van der Waals surface area contributed by atoms with Crippen LogP contribution in [0.15, 0.2) is 71.9 Å². The predicted octanol–water partition coefficient (Wildman–Crippen LogP) is 6.03. The fourth-order valence-corrected chi connectivity index (χ4v) is 4.48. The van der Waals surface area contributed by atoms with E-state index in [4.69, 9.17) is 21.1 Å². The maximum Gasteiger partial charge on any atom is 0.234 e. The van der Waals surface area contributed by atoms with Gasteiger partial charge in [-0.25, -0.2) is 0 Å². The lowest BCUT2D eigenvalue weighted by atomic mass is 10.2. The monoisotopic (exact) mass is 508 g/mol. The van der Waals surface area contributed by atoms with Crippen LogP contribution in [-0.2, 0) is 4.79 Å². The number of amides is 1. The van der Waals surface area contributed by atoms with Crippen LogP contribution in [-0.4, -0.2) is 40.1 Å². The van der Waals surface area contributed by atoms with E-state index in [1.165, 1.54) is 11.8 Å². The van der Waals surface area contributed by atoms with Gasteiger partial charge < -0.3 is 14.8 Å². The number of hydrogen-bond acceptors (Lipinski definition) is 6. The smallest absolute Gasteiger partial charge is 0.234 e. The lowest BCUT2D eigenvalue weighted by molar-refractivity contribution is -0.113. The highest BCUT2D eigenvalue weighted by molar-refractivity contribution is 7.99. The summed E-state index contributed by atoms with van der Waals surface area (Å²) >= 11 is 7.75. The molecular weight excluding hydrogens is 484 g/mol. The number of nitrogens with one attached hydrogen (secondary N) is 1. The van der Waals surface area contributed by atoms with Gasteiger partial charge in [0.25, 0.3) is 0 Å². The summed E-state index contributed by atoms with van der Waals surface area (Å²) in [5.74, 6) is 1.91. The van der Waals surface area contributed by atoms with Crippen molar-refractivity contribution in [3.8, 4) is 28.6 Å². The van der Waals surface area contributed by atoms with Gasteiger partial charge in [0.15, 0.2) is 11.0 Å². The van der Waals surface area contributed by atoms with Gasteiger partial charge in [-0.2, -0.15) is 0 Å². The molecule has 0 saturated heterocycles. The first-order valence-electron chi connectivity index (χ1n) is 11.0. The molecule has 4 rings (SSSR count). The second kappa shape index (κ2) is 11.3. The number of aryl methyl sites for hydroxylation is 1. The molecule has 1 aromatic heterocycles. The van der Waals surface area contributed by atoms with Crippen LogP contribution in [0.2, 0.25) is 5.02 Å². The minimum Gasteiger partial charge on any atom is -0.495 e. The Bertz CT molecular complexity index is 1320. The number of halogens is 1. The largest absolute Gasteiger partial charge is 0.495 e. The maximum absolute atomic E-state index is 12.8. The third-order valence-electron chi connectivity index (χ3n) is 5.12. The highest BCUT2D eigenvalue weighted by atomic mass is 35.5. The number of carbonyl (C=O) groups excluding carboxylic acids is 1. The molecular formula is C26H25ClN4O3S. The molecule has 0 aliphatic heterocycles. The average Bonchev–Trinajstić information content (AvgIpc) is 3.27. The SMILES string of the molecule is CCOc1ccc(-n2c(SCC(=O)Nc3cc(C)ccc3OC)nnc2-c2ccccc2Cl)cc1. The van der Waals surface area contributed by atoms with E-state index < -0.39 is 0 Å². The van der Waals surface area contributed by atoms with Crippen LogP contribution in [0, 0.1) is 6.92 Å². The Morgan fingerprint density at radius 1 is 1.09 bits per heavy atom. The standard InChI is InChI=1S/C26H25ClN4O3S/c1-4-34-19-12-10-18(11-13-19)31-25(20-7-5-6-8-21(20)27)29-30-26(31)35-16-24(32)28-22-15-17(2)9-14-23(22)33-3/h5-15H,4,16H2,1-3H3,(H,28,32). The lowest BCUT2D eigenvalue weighted by Crippen LogP contribution is -2.15. The number of aromatic nitrogens is 3. The molecule has 0 aliphatic carbocycles. The van der Waals surface area contributed by atoms with Crippen LogP contribution in [0.4, 0.5) is 5.69 Å². The van der Waals surface area contributed by atoms with Crippen molar-refractivity contribution in [3.05, 3.63) is 77.3 Å². The normalized spacial score (nSPS) is 10.7. The van der Waals surface area contributed by atoms with Crippen LogP contribution < -0.4 is 14.8 Å². The topological polar surface area (TPSA) is 78.3 Å². The van der Waals surface area contributed by atoms with Gasteiger partial charge in [0.2, 0.25) is 5.91 Å². The number of benzene rings is 3. The second-order valence-corrected chi connectivity index (χ2v) is 8.94. The van der Waals surface area contributed by atoms with Gasteiger partial charge in [0.05, 0.1) is 30.2 Å². The van der Waals surface area contributed by atoms with Crippen molar-refractivity contribution in [3.63, 3.8) is 0 Å². The second-order valence-electron chi connectivity index (χ2n) is 7.59. The molecule has 1 amide bonds. The number of methoxy groups -OCH3 is 1. The number of anilines is 1. The molecule has 4 aromatic rings. The van der Waals surface area contributed by atoms with Gasteiger partial charge in [-0.1, -0.05) is 41.6 Å². The van der Waals surface area contributed by atoms with Gasteiger partial charge in [-0.05, 0) is 67.9 Å². The van der Waals surface area contributed by atoms with Crippen molar-refractivity contribution in [1.29, 1.82) is 0 Å². The summed E-state index contributed by atoms with van der Waals surface area (Å²) in [5, 5.41) is 12.8. The minimum absolute atomic E-state index is 0.134. The molecule has 0 aliphatic rings. The van der Waals surface area contributed by atoms with E-state index in [0.29, 0.717) is 34.0 Å². The Morgan fingerprint density at radius 2 is 1.86 bits per heavy atom. The van der Waals surface area contributed by atoms with E-state index in [-0.39, 0.29) is 11.7 Å². The summed E-state index contributed by atoms with van der Waals surface area (Å²) in [6, 6.07) is 20.7. The zero-order valence-corrected chi connectivity index (χ0v) is 21.2. The molecule has 1 N–H and O–H groups in total. The van der Waals surface area contributed by atoms with Gasteiger partial charge in [0, 0.05) is 11.3 Å². The van der Waals surface area contributed by atoms with Gasteiger partial charge in [0.1, 0.15) is 11.5 Å². The zero-order valence-electron chi connectivity index (χ0n) is 19.6. The van der Waals surface area contributed by atoms with E-state index in [1.54, 1.807) is 7.11 Å². The summed E-state index contributed by atoms with van der Waals surface area (Å²) < 4.78 is 12.8. The van der Waals surface area contributed by atoms with Crippen molar-refractivity contribution in [2.45, 2.75) is 19.0 Å². The van der Waals surface area contributed by atoms with Crippen LogP contribution in [0.3, 0.4) is 0 Å². The van der Waals surface area contributed by atoms with Crippen molar-refractivity contribution in [2.24, 2.45) is 0 Å². The van der Waals surface area contributed by atoms with Crippen molar-refractivity contribution in [2.75, 3.05) is 24.8 Å². The summed E-state index contributed by atoms with van der Waals surface area (Å²) in [6.07, 6.45) is 0. The van der Waals surface area contributed by atoms with Crippen molar-refractivity contribution >= 4 is 35.0 Å². The van der Waals surface area contributed by atoms with Crippen LogP contribution in [0.1, 0.15) is 12.5 Å². The van der Waals surface area contributed by atoms with E-state index in [0.717, 1.165) is 22.6 Å². The molecule has 0 unspecified atom stereocenters. The first-order valence-corrected chi connectivity index (χ1v) is 12.4. The predicted molar refractivity (Wildman–Crippen MR) is 140 cm³/mol. The lowest BCUT2D eigenvalue weighted by Gasteiger charge is -2.13. The molecule has 3 aromatic carbocycles. The Balaban J connectivity index is 1.62. The summed E-state index contributed by atoms with van der Waals surface area (Å²) in [4.78, 5) is 12.8. The third kappa shape index (κ3) is 5.78. The molecule has 0 spiro atoms. The zero-order chi connectivity index (χ0) is 24.8. The number of thioether (sulfide) groups is 1. The molecule has 0 fully saturated rings. The molecule has 0 atom stereocenters. The van der Waals surface area contributed by atoms with Crippen LogP contribution in [0.25, 0.3) is 17.1 Å². The van der Waals surface area contributed by atoms with E-state index in [9.17, 15) is 4.79 Å². The number of rotatable bonds is 9.